The van der Waals surface area contributed by atoms with Gasteiger partial charge < -0.3 is 14.7 Å². The van der Waals surface area contributed by atoms with Gasteiger partial charge in [0, 0.05) is 32.5 Å². The summed E-state index contributed by atoms with van der Waals surface area (Å²) in [6.45, 7) is 8.42. The summed E-state index contributed by atoms with van der Waals surface area (Å²) in [5.41, 5.74) is 1.25. The third kappa shape index (κ3) is 7.01. The van der Waals surface area contributed by atoms with Crippen molar-refractivity contribution in [3.8, 4) is 0 Å². The lowest BCUT2D eigenvalue weighted by atomic mass is 10.2. The first-order chi connectivity index (χ1) is 11.6. The lowest BCUT2D eigenvalue weighted by Gasteiger charge is -2.22. The molecule has 0 aliphatic rings. The number of hydrogen-bond acceptors (Lipinski definition) is 4. The molecule has 1 N–H and O–H groups in total. The molecule has 0 aliphatic heterocycles. The molecule has 0 aliphatic carbocycles. The van der Waals surface area contributed by atoms with E-state index in [1.54, 1.807) is 0 Å². The number of guanidine groups is 1. The van der Waals surface area contributed by atoms with Crippen LogP contribution in [0.4, 0.5) is 0 Å². The van der Waals surface area contributed by atoms with Gasteiger partial charge in [-0.2, -0.15) is 4.98 Å². The van der Waals surface area contributed by atoms with Gasteiger partial charge in [0.25, 0.3) is 0 Å². The maximum absolute atomic E-state index is 5.26. The summed E-state index contributed by atoms with van der Waals surface area (Å²) < 4.78 is 5.26. The fraction of sp³-hybridized carbons (Fsp3) is 0.500. The number of benzene rings is 1. The van der Waals surface area contributed by atoms with Crippen molar-refractivity contribution in [3.05, 3.63) is 47.6 Å². The highest BCUT2D eigenvalue weighted by Gasteiger charge is 2.10. The average molecular weight is 457 g/mol. The molecule has 25 heavy (non-hydrogen) atoms. The number of aromatic nitrogens is 2. The maximum Gasteiger partial charge on any atom is 0.228 e. The Labute approximate surface area is 167 Å². The lowest BCUT2D eigenvalue weighted by molar-refractivity contribution is 0.372. The van der Waals surface area contributed by atoms with Gasteiger partial charge in [-0.25, -0.2) is 0 Å². The summed E-state index contributed by atoms with van der Waals surface area (Å²) in [6, 6.07) is 10.4. The Bertz CT molecular complexity index is 642. The quantitative estimate of drug-likeness (QED) is 0.392. The van der Waals surface area contributed by atoms with Gasteiger partial charge in [-0.1, -0.05) is 49.3 Å². The molecule has 0 saturated carbocycles. The van der Waals surface area contributed by atoms with Crippen molar-refractivity contribution in [2.75, 3.05) is 20.1 Å². The summed E-state index contributed by atoms with van der Waals surface area (Å²) in [5.74, 6) is 2.55. The molecule has 0 spiro atoms. The molecule has 0 amide bonds. The van der Waals surface area contributed by atoms with Crippen LogP contribution in [0.1, 0.15) is 44.0 Å². The number of aliphatic imine (C=N–C) groups is 1. The van der Waals surface area contributed by atoms with E-state index < -0.39 is 0 Å². The Kier molecular flexibility index (Phi) is 9.48. The Hall–Kier alpha value is -1.64. The van der Waals surface area contributed by atoms with Gasteiger partial charge in [0.1, 0.15) is 0 Å². The van der Waals surface area contributed by atoms with E-state index in [0.29, 0.717) is 18.9 Å². The molecule has 138 valence electrons. The fourth-order valence-corrected chi connectivity index (χ4v) is 2.26. The first-order valence-corrected chi connectivity index (χ1v) is 8.46. The van der Waals surface area contributed by atoms with E-state index in [9.17, 15) is 0 Å². The second kappa shape index (κ2) is 11.1. The molecule has 0 saturated heterocycles. The predicted molar refractivity (Wildman–Crippen MR) is 111 cm³/mol. The van der Waals surface area contributed by atoms with Crippen LogP contribution in [0, 0.1) is 0 Å². The lowest BCUT2D eigenvalue weighted by Crippen LogP contribution is -2.38. The van der Waals surface area contributed by atoms with Crippen molar-refractivity contribution < 1.29 is 4.52 Å². The Balaban J connectivity index is 0.00000312. The molecule has 1 aromatic carbocycles. The van der Waals surface area contributed by atoms with Gasteiger partial charge in [0.15, 0.2) is 11.8 Å². The number of hydrogen-bond donors (Lipinski definition) is 1. The molecular weight excluding hydrogens is 429 g/mol. The molecule has 2 rings (SSSR count). The second-order valence-electron chi connectivity index (χ2n) is 6.03. The molecule has 0 radical (unpaired) electrons. The van der Waals surface area contributed by atoms with Crippen molar-refractivity contribution in [2.24, 2.45) is 4.99 Å². The summed E-state index contributed by atoms with van der Waals surface area (Å²) >= 11 is 0. The van der Waals surface area contributed by atoms with Gasteiger partial charge >= 0.3 is 0 Å². The van der Waals surface area contributed by atoms with Crippen LogP contribution in [0.15, 0.2) is 39.8 Å². The van der Waals surface area contributed by atoms with E-state index in [1.807, 2.05) is 13.1 Å². The molecule has 1 aromatic heterocycles. The van der Waals surface area contributed by atoms with E-state index in [4.69, 9.17) is 4.52 Å². The van der Waals surface area contributed by atoms with Gasteiger partial charge in [0.05, 0.1) is 6.54 Å². The van der Waals surface area contributed by atoms with Gasteiger partial charge in [-0.3, -0.25) is 4.99 Å². The maximum atomic E-state index is 5.26. The van der Waals surface area contributed by atoms with Crippen LogP contribution in [0.2, 0.25) is 0 Å². The highest BCUT2D eigenvalue weighted by molar-refractivity contribution is 14.0. The zero-order valence-corrected chi connectivity index (χ0v) is 17.7. The summed E-state index contributed by atoms with van der Waals surface area (Å²) in [5, 5.41) is 7.30. The van der Waals surface area contributed by atoms with Crippen LogP contribution >= 0.6 is 24.0 Å². The number of nitrogens with one attached hydrogen (secondary N) is 1. The highest BCUT2D eigenvalue weighted by atomic mass is 127. The minimum absolute atomic E-state index is 0. The third-order valence-corrected chi connectivity index (χ3v) is 3.55. The van der Waals surface area contributed by atoms with Crippen LogP contribution in [-0.2, 0) is 13.0 Å². The zero-order chi connectivity index (χ0) is 17.4. The molecular formula is C18H28IN5O. The van der Waals surface area contributed by atoms with Crippen molar-refractivity contribution >= 4 is 29.9 Å². The summed E-state index contributed by atoms with van der Waals surface area (Å²) in [4.78, 5) is 11.2. The van der Waals surface area contributed by atoms with E-state index in [0.717, 1.165) is 24.9 Å². The SMILES string of the molecule is CCNC(=NCCc1nc(C(C)C)no1)N(C)Cc1ccccc1.I. The van der Waals surface area contributed by atoms with Gasteiger partial charge in [-0.15, -0.1) is 24.0 Å². The van der Waals surface area contributed by atoms with E-state index in [2.05, 4.69) is 70.4 Å². The van der Waals surface area contributed by atoms with Crippen LogP contribution in [0.25, 0.3) is 0 Å². The van der Waals surface area contributed by atoms with E-state index in [1.165, 1.54) is 5.56 Å². The van der Waals surface area contributed by atoms with Crippen LogP contribution in [-0.4, -0.2) is 41.1 Å². The smallest absolute Gasteiger partial charge is 0.228 e. The first kappa shape index (κ1) is 21.4. The standard InChI is InChI=1S/C18H27N5O.HI/c1-5-19-18(23(4)13-15-9-7-6-8-10-15)20-12-11-16-21-17(14(2)3)22-24-16;/h6-10,14H,5,11-13H2,1-4H3,(H,19,20);1H. The van der Waals surface area contributed by atoms with Crippen molar-refractivity contribution in [3.63, 3.8) is 0 Å². The minimum atomic E-state index is 0. The minimum Gasteiger partial charge on any atom is -0.357 e. The molecule has 7 heteroatoms. The summed E-state index contributed by atoms with van der Waals surface area (Å²) in [6.07, 6.45) is 0.647. The molecule has 1 heterocycles. The number of halogens is 1. The largest absolute Gasteiger partial charge is 0.357 e. The average Bonchev–Trinajstić information content (AvgIpc) is 3.04. The Morgan fingerprint density at radius 3 is 2.60 bits per heavy atom. The molecule has 0 bridgehead atoms. The van der Waals surface area contributed by atoms with Crippen molar-refractivity contribution in [1.82, 2.24) is 20.4 Å². The van der Waals surface area contributed by atoms with Crippen molar-refractivity contribution in [1.29, 1.82) is 0 Å². The highest BCUT2D eigenvalue weighted by Crippen LogP contribution is 2.10. The second-order valence-corrected chi connectivity index (χ2v) is 6.03. The van der Waals surface area contributed by atoms with Crippen LogP contribution in [0.3, 0.4) is 0 Å². The fourth-order valence-electron chi connectivity index (χ4n) is 2.26. The van der Waals surface area contributed by atoms with E-state index >= 15 is 0 Å². The molecule has 2 aromatic rings. The van der Waals surface area contributed by atoms with Gasteiger partial charge in [0.2, 0.25) is 5.89 Å². The number of rotatable bonds is 7. The molecule has 0 unspecified atom stereocenters. The zero-order valence-electron chi connectivity index (χ0n) is 15.4. The Morgan fingerprint density at radius 2 is 2.00 bits per heavy atom. The molecule has 6 nitrogen and oxygen atoms in total. The Morgan fingerprint density at radius 1 is 1.28 bits per heavy atom. The normalized spacial score (nSPS) is 11.3. The topological polar surface area (TPSA) is 66.5 Å². The summed E-state index contributed by atoms with van der Waals surface area (Å²) in [7, 11) is 2.04. The first-order valence-electron chi connectivity index (χ1n) is 8.46. The van der Waals surface area contributed by atoms with E-state index in [-0.39, 0.29) is 29.9 Å². The van der Waals surface area contributed by atoms with Gasteiger partial charge in [-0.05, 0) is 12.5 Å². The van der Waals surface area contributed by atoms with Crippen LogP contribution < -0.4 is 5.32 Å². The molecule has 0 atom stereocenters. The third-order valence-electron chi connectivity index (χ3n) is 3.55. The van der Waals surface area contributed by atoms with Crippen molar-refractivity contribution in [2.45, 2.75) is 39.7 Å². The predicted octanol–water partition coefficient (Wildman–Crippen LogP) is 3.45. The van der Waals surface area contributed by atoms with Crippen LogP contribution in [0.5, 0.6) is 0 Å². The number of nitrogens with zero attached hydrogens (tertiary/aromatic N) is 4. The monoisotopic (exact) mass is 457 g/mol. The molecule has 0 fully saturated rings.